The molecule has 0 aliphatic rings. The van der Waals surface area contributed by atoms with Gasteiger partial charge in [0.05, 0.1) is 0 Å². The highest BCUT2D eigenvalue weighted by Gasteiger charge is 2.16. The van der Waals surface area contributed by atoms with Crippen molar-refractivity contribution in [2.75, 3.05) is 10.6 Å². The minimum absolute atomic E-state index is 0.211. The number of amides is 2. The highest BCUT2D eigenvalue weighted by Crippen LogP contribution is 2.27. The van der Waals surface area contributed by atoms with E-state index in [1.54, 1.807) is 54.9 Å². The van der Waals surface area contributed by atoms with Crippen molar-refractivity contribution in [3.63, 3.8) is 0 Å². The highest BCUT2D eigenvalue weighted by molar-refractivity contribution is 6.16. The SMILES string of the molecule is Cc1cccc(NC(=O)Nc2cccc(C(=O)c3c[nH]c4ncc(-c5ccc(F)cc5)cc34)c2)c1. The molecular formula is C28H21FN4O2. The van der Waals surface area contributed by atoms with Crippen molar-refractivity contribution in [1.82, 2.24) is 9.97 Å². The number of hydrogen-bond acceptors (Lipinski definition) is 3. The fraction of sp³-hybridized carbons (Fsp3) is 0.0357. The van der Waals surface area contributed by atoms with E-state index in [9.17, 15) is 14.0 Å². The van der Waals surface area contributed by atoms with Gasteiger partial charge in [-0.1, -0.05) is 36.4 Å². The van der Waals surface area contributed by atoms with Gasteiger partial charge in [-0.05, 0) is 60.5 Å². The van der Waals surface area contributed by atoms with Crippen LogP contribution in [-0.2, 0) is 0 Å². The van der Waals surface area contributed by atoms with Gasteiger partial charge in [0.2, 0.25) is 0 Å². The number of hydrogen-bond donors (Lipinski definition) is 3. The Labute approximate surface area is 200 Å². The lowest BCUT2D eigenvalue weighted by atomic mass is 10.0. The Morgan fingerprint density at radius 2 is 1.57 bits per heavy atom. The van der Waals surface area contributed by atoms with Gasteiger partial charge in [-0.3, -0.25) is 4.79 Å². The standard InChI is InChI=1S/C28H21FN4O2/c1-17-4-2-6-22(12-17)32-28(35)33-23-7-3-5-19(13-23)26(34)25-16-31-27-24(25)14-20(15-30-27)18-8-10-21(29)11-9-18/h2-16H,1H3,(H,30,31)(H2,32,33,35). The van der Waals surface area contributed by atoms with Crippen LogP contribution in [0.25, 0.3) is 22.2 Å². The zero-order valence-electron chi connectivity index (χ0n) is 18.8. The lowest BCUT2D eigenvalue weighted by Crippen LogP contribution is -2.19. The summed E-state index contributed by atoms with van der Waals surface area (Å²) in [5.41, 5.74) is 5.23. The molecule has 0 fully saturated rings. The van der Waals surface area contributed by atoms with Crippen molar-refractivity contribution in [3.05, 3.63) is 114 Å². The Morgan fingerprint density at radius 1 is 0.857 bits per heavy atom. The molecule has 0 unspecified atom stereocenters. The van der Waals surface area contributed by atoms with Crippen LogP contribution in [0, 0.1) is 12.7 Å². The molecule has 7 heteroatoms. The van der Waals surface area contributed by atoms with Crippen LogP contribution in [0.1, 0.15) is 21.5 Å². The summed E-state index contributed by atoms with van der Waals surface area (Å²) in [4.78, 5) is 33.2. The fourth-order valence-electron chi connectivity index (χ4n) is 3.90. The Bertz CT molecular complexity index is 1560. The number of pyridine rings is 1. The number of nitrogens with one attached hydrogen (secondary N) is 3. The smallest absolute Gasteiger partial charge is 0.323 e. The van der Waals surface area contributed by atoms with Crippen LogP contribution in [0.15, 0.2) is 91.3 Å². The molecule has 0 saturated heterocycles. The third-order valence-electron chi connectivity index (χ3n) is 5.61. The number of halogens is 1. The van der Waals surface area contributed by atoms with Gasteiger partial charge in [0.1, 0.15) is 11.5 Å². The third kappa shape index (κ3) is 4.79. The largest absolute Gasteiger partial charge is 0.345 e. The van der Waals surface area contributed by atoms with Crippen molar-refractivity contribution in [1.29, 1.82) is 0 Å². The molecule has 0 aliphatic heterocycles. The lowest BCUT2D eigenvalue weighted by Gasteiger charge is -2.09. The van der Waals surface area contributed by atoms with Gasteiger partial charge in [-0.15, -0.1) is 0 Å². The maximum absolute atomic E-state index is 13.4. The summed E-state index contributed by atoms with van der Waals surface area (Å²) in [7, 11) is 0. The molecule has 0 bridgehead atoms. The van der Waals surface area contributed by atoms with E-state index in [1.165, 1.54) is 12.1 Å². The molecule has 5 rings (SSSR count). The summed E-state index contributed by atoms with van der Waals surface area (Å²) in [6, 6.07) is 21.8. The number of urea groups is 1. The number of rotatable bonds is 5. The van der Waals surface area contributed by atoms with Crippen LogP contribution in [-0.4, -0.2) is 21.8 Å². The van der Waals surface area contributed by atoms with Crippen molar-refractivity contribution >= 4 is 34.2 Å². The second-order valence-corrected chi connectivity index (χ2v) is 8.19. The van der Waals surface area contributed by atoms with Crippen LogP contribution >= 0.6 is 0 Å². The van der Waals surface area contributed by atoms with Crippen LogP contribution in [0.5, 0.6) is 0 Å². The van der Waals surface area contributed by atoms with E-state index < -0.39 is 6.03 Å². The number of carbonyl (C=O) groups excluding carboxylic acids is 2. The fourth-order valence-corrected chi connectivity index (χ4v) is 3.90. The number of aromatic amines is 1. The number of H-pyrrole nitrogens is 1. The van der Waals surface area contributed by atoms with E-state index in [0.717, 1.165) is 16.7 Å². The first-order chi connectivity index (χ1) is 17.0. The summed E-state index contributed by atoms with van der Waals surface area (Å²) in [6.45, 7) is 1.95. The van der Waals surface area contributed by atoms with Gasteiger partial charge < -0.3 is 15.6 Å². The van der Waals surface area contributed by atoms with E-state index in [4.69, 9.17) is 0 Å². The molecule has 0 spiro atoms. The molecular weight excluding hydrogens is 443 g/mol. The molecule has 2 amide bonds. The molecule has 2 aromatic heterocycles. The second-order valence-electron chi connectivity index (χ2n) is 8.19. The number of aryl methyl sites for hydroxylation is 1. The van der Waals surface area contributed by atoms with E-state index in [1.807, 2.05) is 31.2 Å². The van der Waals surface area contributed by atoms with E-state index in [-0.39, 0.29) is 11.6 Å². The summed E-state index contributed by atoms with van der Waals surface area (Å²) < 4.78 is 13.3. The van der Waals surface area contributed by atoms with Gasteiger partial charge in [0.25, 0.3) is 0 Å². The predicted octanol–water partition coefficient (Wildman–Crippen LogP) is 6.55. The maximum Gasteiger partial charge on any atom is 0.323 e. The summed E-state index contributed by atoms with van der Waals surface area (Å²) in [6.07, 6.45) is 3.30. The van der Waals surface area contributed by atoms with Gasteiger partial charge in [0, 0.05) is 45.8 Å². The number of fused-ring (bicyclic) bond motifs is 1. The Hall–Kier alpha value is -4.78. The van der Waals surface area contributed by atoms with Crippen molar-refractivity contribution < 1.29 is 14.0 Å². The molecule has 35 heavy (non-hydrogen) atoms. The first-order valence-electron chi connectivity index (χ1n) is 11.0. The van der Waals surface area contributed by atoms with Gasteiger partial charge >= 0.3 is 6.03 Å². The Balaban J connectivity index is 1.39. The minimum Gasteiger partial charge on any atom is -0.345 e. The molecule has 3 aromatic carbocycles. The van der Waals surface area contributed by atoms with Crippen LogP contribution in [0.3, 0.4) is 0 Å². The third-order valence-corrected chi connectivity index (χ3v) is 5.61. The first kappa shape index (κ1) is 22.0. The minimum atomic E-state index is -0.402. The zero-order valence-corrected chi connectivity index (χ0v) is 18.8. The van der Waals surface area contributed by atoms with E-state index in [0.29, 0.717) is 33.5 Å². The molecule has 0 radical (unpaired) electrons. The Morgan fingerprint density at radius 3 is 2.31 bits per heavy atom. The van der Waals surface area contributed by atoms with Crippen molar-refractivity contribution in [2.24, 2.45) is 0 Å². The van der Waals surface area contributed by atoms with Gasteiger partial charge in [0.15, 0.2) is 5.78 Å². The molecule has 172 valence electrons. The molecule has 0 saturated carbocycles. The average Bonchev–Trinajstić information content (AvgIpc) is 3.27. The Kier molecular flexibility index (Phi) is 5.81. The predicted molar refractivity (Wildman–Crippen MR) is 135 cm³/mol. The topological polar surface area (TPSA) is 86.9 Å². The number of nitrogens with zero attached hydrogens (tertiary/aromatic N) is 1. The van der Waals surface area contributed by atoms with E-state index in [2.05, 4.69) is 20.6 Å². The lowest BCUT2D eigenvalue weighted by molar-refractivity contribution is 0.104. The summed E-state index contributed by atoms with van der Waals surface area (Å²) >= 11 is 0. The van der Waals surface area contributed by atoms with E-state index >= 15 is 0 Å². The molecule has 0 aliphatic carbocycles. The number of benzene rings is 3. The molecule has 5 aromatic rings. The van der Waals surface area contributed by atoms with Gasteiger partial charge in [-0.25, -0.2) is 14.2 Å². The van der Waals surface area contributed by atoms with Gasteiger partial charge in [-0.2, -0.15) is 0 Å². The summed E-state index contributed by atoms with van der Waals surface area (Å²) in [5.74, 6) is -0.529. The molecule has 0 atom stereocenters. The van der Waals surface area contributed by atoms with Crippen molar-refractivity contribution in [2.45, 2.75) is 6.92 Å². The van der Waals surface area contributed by atoms with Crippen LogP contribution in [0.2, 0.25) is 0 Å². The van der Waals surface area contributed by atoms with Crippen LogP contribution in [0.4, 0.5) is 20.6 Å². The monoisotopic (exact) mass is 464 g/mol. The number of anilines is 2. The average molecular weight is 465 g/mol. The zero-order chi connectivity index (χ0) is 24.4. The van der Waals surface area contributed by atoms with Crippen molar-refractivity contribution in [3.8, 4) is 11.1 Å². The molecule has 2 heterocycles. The molecule has 6 nitrogen and oxygen atoms in total. The normalized spacial score (nSPS) is 10.8. The molecule has 3 N–H and O–H groups in total. The maximum atomic E-state index is 13.4. The summed E-state index contributed by atoms with van der Waals surface area (Å²) in [5, 5.41) is 6.21. The highest BCUT2D eigenvalue weighted by atomic mass is 19.1. The number of aromatic nitrogens is 2. The quantitative estimate of drug-likeness (QED) is 0.258. The second kappa shape index (κ2) is 9.23. The van der Waals surface area contributed by atoms with Crippen LogP contribution < -0.4 is 10.6 Å². The number of ketones is 1. The first-order valence-corrected chi connectivity index (χ1v) is 11.0. The number of carbonyl (C=O) groups is 2.